The number of anilines is 1. The van der Waals surface area contributed by atoms with Gasteiger partial charge in [0.05, 0.1) is 22.9 Å². The summed E-state index contributed by atoms with van der Waals surface area (Å²) in [5.41, 5.74) is 9.41. The molecule has 4 aromatic rings. The number of phenols is 1. The lowest BCUT2D eigenvalue weighted by atomic mass is 10.1. The van der Waals surface area contributed by atoms with Crippen LogP contribution in [-0.4, -0.2) is 40.7 Å². The third-order valence-electron chi connectivity index (χ3n) is 5.81. The highest BCUT2D eigenvalue weighted by Gasteiger charge is 2.21. The molecule has 0 fully saturated rings. The van der Waals surface area contributed by atoms with Crippen LogP contribution in [0.1, 0.15) is 36.7 Å². The number of aromatic nitrogens is 3. The molecule has 1 amide bonds. The van der Waals surface area contributed by atoms with Crippen LogP contribution in [-0.2, 0) is 28.9 Å². The first-order valence-corrected chi connectivity index (χ1v) is 14.2. The summed E-state index contributed by atoms with van der Waals surface area (Å²) in [6.45, 7) is 2.54. The van der Waals surface area contributed by atoms with Gasteiger partial charge in [-0.25, -0.2) is 14.5 Å². The number of fused-ring (bicyclic) bond motifs is 3. The molecule has 196 valence electrons. The largest absolute Gasteiger partial charge is 0.524 e. The average Bonchev–Trinajstić information content (AvgIpc) is 3.21. The standard InChI is InChI=1S/C24H27BrN5O6P/c1-2-3-4-20-29-22-23(30(20)13-15-10-16(6-8-19(15)31)36-37(33,34)35)17-9-14(12-27-21(32)11-25)5-7-18(17)28-24(22)26/h5-10,31H,2-4,11-13H2,1H3,(H2,26,28)(H,27,32)(H2,33,34,35). The van der Waals surface area contributed by atoms with Gasteiger partial charge in [0.2, 0.25) is 5.91 Å². The number of halogens is 1. The molecule has 0 aliphatic carbocycles. The zero-order valence-corrected chi connectivity index (χ0v) is 22.5. The number of hydrogen-bond acceptors (Lipinski definition) is 7. The molecule has 0 aliphatic rings. The van der Waals surface area contributed by atoms with E-state index in [-0.39, 0.29) is 35.1 Å². The van der Waals surface area contributed by atoms with Crippen molar-refractivity contribution < 1.29 is 28.8 Å². The van der Waals surface area contributed by atoms with Crippen molar-refractivity contribution in [3.8, 4) is 11.5 Å². The molecule has 11 nitrogen and oxygen atoms in total. The molecule has 2 aromatic carbocycles. The van der Waals surface area contributed by atoms with Gasteiger partial charge in [0.15, 0.2) is 5.82 Å². The van der Waals surface area contributed by atoms with Crippen molar-refractivity contribution in [2.24, 2.45) is 0 Å². The minimum atomic E-state index is -4.78. The maximum Gasteiger partial charge on any atom is 0.524 e. The fourth-order valence-corrected chi connectivity index (χ4v) is 4.70. The summed E-state index contributed by atoms with van der Waals surface area (Å²) in [7, 11) is -4.78. The number of aromatic hydroxyl groups is 1. The molecule has 2 heterocycles. The van der Waals surface area contributed by atoms with E-state index in [2.05, 4.69) is 33.2 Å². The number of hydrogen-bond donors (Lipinski definition) is 5. The first-order chi connectivity index (χ1) is 17.6. The van der Waals surface area contributed by atoms with Gasteiger partial charge in [-0.05, 0) is 42.3 Å². The van der Waals surface area contributed by atoms with Crippen LogP contribution in [0.2, 0.25) is 0 Å². The first kappa shape index (κ1) is 26.9. The van der Waals surface area contributed by atoms with E-state index in [4.69, 9.17) is 15.2 Å². The predicted molar refractivity (Wildman–Crippen MR) is 144 cm³/mol. The minimum absolute atomic E-state index is 0.0640. The van der Waals surface area contributed by atoms with Crippen LogP contribution in [0.5, 0.6) is 11.5 Å². The number of alkyl halides is 1. The first-order valence-electron chi connectivity index (χ1n) is 11.6. The van der Waals surface area contributed by atoms with Gasteiger partial charge in [0.1, 0.15) is 22.8 Å². The Hall–Kier alpha value is -3.18. The number of rotatable bonds is 10. The summed E-state index contributed by atoms with van der Waals surface area (Å²) >= 11 is 3.14. The highest BCUT2D eigenvalue weighted by molar-refractivity contribution is 9.09. The van der Waals surface area contributed by atoms with E-state index >= 15 is 0 Å². The topological polar surface area (TPSA) is 173 Å². The predicted octanol–water partition coefficient (Wildman–Crippen LogP) is 3.75. The van der Waals surface area contributed by atoms with E-state index in [1.54, 1.807) is 0 Å². The van der Waals surface area contributed by atoms with Gasteiger partial charge in [-0.15, -0.1) is 0 Å². The molecule has 4 rings (SSSR count). The van der Waals surface area contributed by atoms with Crippen molar-refractivity contribution >= 4 is 57.4 Å². The second kappa shape index (κ2) is 11.1. The third-order valence-corrected chi connectivity index (χ3v) is 6.77. The number of pyridine rings is 1. The maximum absolute atomic E-state index is 11.7. The van der Waals surface area contributed by atoms with E-state index in [0.29, 0.717) is 35.1 Å². The molecule has 0 bridgehead atoms. The lowest BCUT2D eigenvalue weighted by molar-refractivity contribution is -0.118. The number of carbonyl (C=O) groups excluding carboxylic acids is 1. The Morgan fingerprint density at radius 2 is 2.00 bits per heavy atom. The molecule has 0 saturated heterocycles. The number of aryl methyl sites for hydroxylation is 1. The van der Waals surface area contributed by atoms with E-state index in [1.807, 2.05) is 22.8 Å². The van der Waals surface area contributed by atoms with Crippen LogP contribution in [0.3, 0.4) is 0 Å². The molecular formula is C24H27BrN5O6P. The van der Waals surface area contributed by atoms with Crippen molar-refractivity contribution in [3.05, 3.63) is 53.3 Å². The summed E-state index contributed by atoms with van der Waals surface area (Å²) in [4.78, 5) is 39.4. The molecule has 2 aromatic heterocycles. The van der Waals surface area contributed by atoms with Crippen molar-refractivity contribution in [2.45, 2.75) is 39.3 Å². The molecule has 37 heavy (non-hydrogen) atoms. The number of nitrogens with zero attached hydrogens (tertiary/aromatic N) is 3. The van der Waals surface area contributed by atoms with Gasteiger partial charge in [-0.3, -0.25) is 14.6 Å². The molecule has 0 atom stereocenters. The Kier molecular flexibility index (Phi) is 8.03. The zero-order valence-electron chi connectivity index (χ0n) is 20.0. The van der Waals surface area contributed by atoms with E-state index < -0.39 is 7.82 Å². The maximum atomic E-state index is 11.7. The number of unbranched alkanes of at least 4 members (excludes halogenated alkanes) is 1. The Bertz CT molecular complexity index is 1520. The molecule has 0 saturated carbocycles. The molecule has 6 N–H and O–H groups in total. The fraction of sp³-hybridized carbons (Fsp3) is 0.292. The molecule has 0 unspecified atom stereocenters. The van der Waals surface area contributed by atoms with Crippen LogP contribution in [0.25, 0.3) is 21.9 Å². The van der Waals surface area contributed by atoms with E-state index in [9.17, 15) is 24.3 Å². The molecule has 0 spiro atoms. The smallest absolute Gasteiger partial charge is 0.508 e. The number of phenolic OH excluding ortho intramolecular Hbond substituents is 1. The number of imidazole rings is 1. The summed E-state index contributed by atoms with van der Waals surface area (Å²) in [6, 6.07) is 9.61. The van der Waals surface area contributed by atoms with Gasteiger partial charge >= 0.3 is 7.82 Å². The normalized spacial score (nSPS) is 11.8. The number of phosphoric acid groups is 1. The number of phosphoric ester groups is 1. The van der Waals surface area contributed by atoms with Crippen LogP contribution in [0, 0.1) is 0 Å². The molecule has 0 radical (unpaired) electrons. The second-order valence-corrected chi connectivity index (χ2v) is 10.3. The monoisotopic (exact) mass is 591 g/mol. The highest BCUT2D eigenvalue weighted by atomic mass is 79.9. The fourth-order valence-electron chi connectivity index (χ4n) is 4.11. The number of nitrogen functional groups attached to an aromatic ring is 1. The number of amides is 1. The average molecular weight is 592 g/mol. The van der Waals surface area contributed by atoms with E-state index in [0.717, 1.165) is 29.6 Å². The van der Waals surface area contributed by atoms with Crippen LogP contribution in [0.4, 0.5) is 5.82 Å². The third kappa shape index (κ3) is 6.22. The highest BCUT2D eigenvalue weighted by Crippen LogP contribution is 2.39. The second-order valence-electron chi connectivity index (χ2n) is 8.55. The number of benzene rings is 2. The van der Waals surface area contributed by atoms with Gasteiger partial charge in [0, 0.05) is 23.9 Å². The molecular weight excluding hydrogens is 565 g/mol. The van der Waals surface area contributed by atoms with Gasteiger partial charge in [-0.1, -0.05) is 35.3 Å². The van der Waals surface area contributed by atoms with Crippen molar-refractivity contribution in [1.82, 2.24) is 19.9 Å². The quantitative estimate of drug-likeness (QED) is 0.136. The Labute approximate surface area is 221 Å². The lowest BCUT2D eigenvalue weighted by Crippen LogP contribution is -2.23. The SMILES string of the molecule is CCCCc1nc2c(N)nc3ccc(CNC(=O)CBr)cc3c2n1Cc1cc(OP(=O)(O)O)ccc1O. The lowest BCUT2D eigenvalue weighted by Gasteiger charge is -2.14. The van der Waals surface area contributed by atoms with Crippen LogP contribution in [0.15, 0.2) is 36.4 Å². The van der Waals surface area contributed by atoms with Crippen molar-refractivity contribution in [3.63, 3.8) is 0 Å². The number of carbonyl (C=O) groups is 1. The summed E-state index contributed by atoms with van der Waals surface area (Å²) in [5, 5.41) is 14.4. The summed E-state index contributed by atoms with van der Waals surface area (Å²) in [5.74, 6) is 0.724. The minimum Gasteiger partial charge on any atom is -0.508 e. The van der Waals surface area contributed by atoms with Gasteiger partial charge in [0.25, 0.3) is 0 Å². The Balaban J connectivity index is 1.88. The summed E-state index contributed by atoms with van der Waals surface area (Å²) in [6.07, 6.45) is 2.45. The zero-order chi connectivity index (χ0) is 26.7. The van der Waals surface area contributed by atoms with Crippen LogP contribution < -0.4 is 15.6 Å². The van der Waals surface area contributed by atoms with Gasteiger partial charge < -0.3 is 25.2 Å². The number of nitrogens with one attached hydrogen (secondary N) is 1. The van der Waals surface area contributed by atoms with Crippen LogP contribution >= 0.6 is 23.8 Å². The molecule has 0 aliphatic heterocycles. The van der Waals surface area contributed by atoms with Crippen molar-refractivity contribution in [1.29, 1.82) is 0 Å². The van der Waals surface area contributed by atoms with E-state index in [1.165, 1.54) is 18.2 Å². The summed E-state index contributed by atoms with van der Waals surface area (Å²) < 4.78 is 18.0. The van der Waals surface area contributed by atoms with Gasteiger partial charge in [-0.2, -0.15) is 0 Å². The Morgan fingerprint density at radius 1 is 1.22 bits per heavy atom. The Morgan fingerprint density at radius 3 is 2.70 bits per heavy atom. The van der Waals surface area contributed by atoms with Crippen molar-refractivity contribution in [2.75, 3.05) is 11.1 Å². The number of nitrogens with two attached hydrogens (primary N) is 1. The molecule has 13 heteroatoms.